The van der Waals surface area contributed by atoms with Crippen LogP contribution in [0.4, 0.5) is 10.2 Å². The molecule has 0 aliphatic heterocycles. The molecule has 7 nitrogen and oxygen atoms in total. The van der Waals surface area contributed by atoms with Gasteiger partial charge in [-0.15, -0.1) is 0 Å². The van der Waals surface area contributed by atoms with Crippen LogP contribution in [0.3, 0.4) is 0 Å². The summed E-state index contributed by atoms with van der Waals surface area (Å²) in [5.41, 5.74) is 1.83. The monoisotopic (exact) mass is 487 g/mol. The van der Waals surface area contributed by atoms with Crippen molar-refractivity contribution in [1.29, 1.82) is 0 Å². The van der Waals surface area contributed by atoms with Gasteiger partial charge in [-0.05, 0) is 57.8 Å². The van der Waals surface area contributed by atoms with Gasteiger partial charge in [0.2, 0.25) is 5.91 Å². The number of halogens is 1. The number of pyridine rings is 1. The van der Waals surface area contributed by atoms with Gasteiger partial charge in [-0.3, -0.25) is 9.78 Å². The molecule has 1 amide bonds. The number of fused-ring (bicyclic) bond motifs is 1. The number of likely N-dealkylation sites (N-methyl/N-ethyl adjacent to an activating group) is 1. The molecular weight excluding hydrogens is 449 g/mol. The van der Waals surface area contributed by atoms with Gasteiger partial charge >= 0.3 is 0 Å². The van der Waals surface area contributed by atoms with Crippen LogP contribution in [0.5, 0.6) is 0 Å². The van der Waals surface area contributed by atoms with Crippen LogP contribution >= 0.6 is 0 Å². The SMILES string of the molecule is CN(CC(=O)NC(C)(C)C)c1nc(-c2cc(F)ccn2)nc2c1CCC2O[Si](C)(C)C(C)(C)C. The molecule has 2 aromatic heterocycles. The van der Waals surface area contributed by atoms with E-state index in [2.05, 4.69) is 44.2 Å². The Morgan fingerprint density at radius 3 is 2.50 bits per heavy atom. The molecule has 1 unspecified atom stereocenters. The molecule has 186 valence electrons. The molecule has 0 saturated carbocycles. The lowest BCUT2D eigenvalue weighted by molar-refractivity contribution is -0.121. The van der Waals surface area contributed by atoms with Crippen LogP contribution in [0, 0.1) is 5.82 Å². The number of rotatable bonds is 6. The lowest BCUT2D eigenvalue weighted by Gasteiger charge is -2.38. The van der Waals surface area contributed by atoms with Crippen molar-refractivity contribution in [3.05, 3.63) is 35.4 Å². The Bertz CT molecular complexity index is 1060. The average molecular weight is 488 g/mol. The highest BCUT2D eigenvalue weighted by atomic mass is 28.4. The van der Waals surface area contributed by atoms with Gasteiger partial charge in [0.1, 0.15) is 17.3 Å². The number of nitrogens with one attached hydrogen (secondary N) is 1. The fourth-order valence-corrected chi connectivity index (χ4v) is 5.05. The molecule has 0 spiro atoms. The smallest absolute Gasteiger partial charge is 0.239 e. The Hall–Kier alpha value is -2.39. The lowest BCUT2D eigenvalue weighted by Crippen LogP contribution is -2.45. The number of carbonyl (C=O) groups is 1. The van der Waals surface area contributed by atoms with Crippen LogP contribution in [0.1, 0.15) is 65.3 Å². The second-order valence-corrected chi connectivity index (χ2v) is 16.4. The number of anilines is 1. The first-order valence-corrected chi connectivity index (χ1v) is 14.7. The van der Waals surface area contributed by atoms with E-state index in [4.69, 9.17) is 14.4 Å². The largest absolute Gasteiger partial charge is 0.408 e. The molecule has 2 aromatic rings. The van der Waals surface area contributed by atoms with Crippen LogP contribution in [0.2, 0.25) is 18.1 Å². The van der Waals surface area contributed by atoms with Crippen molar-refractivity contribution in [2.75, 3.05) is 18.5 Å². The highest BCUT2D eigenvalue weighted by molar-refractivity contribution is 6.74. The Kier molecular flexibility index (Phi) is 7.20. The summed E-state index contributed by atoms with van der Waals surface area (Å²) in [4.78, 5) is 28.3. The predicted octanol–water partition coefficient (Wildman–Crippen LogP) is 5.04. The lowest BCUT2D eigenvalue weighted by atomic mass is 10.1. The molecule has 0 radical (unpaired) electrons. The highest BCUT2D eigenvalue weighted by Crippen LogP contribution is 2.45. The second-order valence-electron chi connectivity index (χ2n) is 11.7. The van der Waals surface area contributed by atoms with E-state index < -0.39 is 14.1 Å². The fourth-order valence-electron chi connectivity index (χ4n) is 3.76. The third-order valence-corrected chi connectivity index (χ3v) is 10.9. The maximum Gasteiger partial charge on any atom is 0.239 e. The quantitative estimate of drug-likeness (QED) is 0.575. The fraction of sp³-hybridized carbons (Fsp3) is 0.600. The molecule has 1 atom stereocenters. The summed E-state index contributed by atoms with van der Waals surface area (Å²) in [6.45, 7) is 17.1. The first kappa shape index (κ1) is 26.2. The Balaban J connectivity index is 2.03. The summed E-state index contributed by atoms with van der Waals surface area (Å²) >= 11 is 0. The first-order valence-electron chi connectivity index (χ1n) is 11.8. The van der Waals surface area contributed by atoms with E-state index in [1.807, 2.05) is 32.7 Å². The minimum absolute atomic E-state index is 0.0559. The van der Waals surface area contributed by atoms with Crippen molar-refractivity contribution in [3.63, 3.8) is 0 Å². The number of hydrogen-bond acceptors (Lipinski definition) is 6. The minimum atomic E-state index is -2.06. The molecular formula is C25H38FN5O2Si. The summed E-state index contributed by atoms with van der Waals surface area (Å²) < 4.78 is 20.7. The molecule has 0 saturated heterocycles. The van der Waals surface area contributed by atoms with Crippen LogP contribution < -0.4 is 10.2 Å². The van der Waals surface area contributed by atoms with E-state index in [1.165, 1.54) is 18.3 Å². The molecule has 0 fully saturated rings. The Labute approximate surface area is 203 Å². The van der Waals surface area contributed by atoms with Gasteiger partial charge in [-0.1, -0.05) is 20.8 Å². The zero-order chi connectivity index (χ0) is 25.5. The third kappa shape index (κ3) is 5.99. The molecule has 34 heavy (non-hydrogen) atoms. The van der Waals surface area contributed by atoms with Gasteiger partial charge in [0.15, 0.2) is 14.1 Å². The third-order valence-electron chi connectivity index (χ3n) is 6.43. The zero-order valence-corrected chi connectivity index (χ0v) is 22.9. The Morgan fingerprint density at radius 2 is 1.91 bits per heavy atom. The van der Waals surface area contributed by atoms with Gasteiger partial charge in [0, 0.05) is 30.4 Å². The van der Waals surface area contributed by atoms with Gasteiger partial charge in [0.25, 0.3) is 0 Å². The van der Waals surface area contributed by atoms with E-state index in [0.29, 0.717) is 17.3 Å². The summed E-state index contributed by atoms with van der Waals surface area (Å²) in [5, 5.41) is 3.05. The predicted molar refractivity (Wildman–Crippen MR) is 136 cm³/mol. The number of aromatic nitrogens is 3. The maximum absolute atomic E-state index is 14.0. The van der Waals surface area contributed by atoms with Crippen LogP contribution in [-0.4, -0.2) is 48.3 Å². The van der Waals surface area contributed by atoms with Crippen LogP contribution in [-0.2, 0) is 15.6 Å². The van der Waals surface area contributed by atoms with Gasteiger partial charge < -0.3 is 14.6 Å². The minimum Gasteiger partial charge on any atom is -0.408 e. The summed E-state index contributed by atoms with van der Waals surface area (Å²) in [6.07, 6.45) is 2.80. The van der Waals surface area contributed by atoms with Gasteiger partial charge in [-0.25, -0.2) is 14.4 Å². The van der Waals surface area contributed by atoms with E-state index in [9.17, 15) is 9.18 Å². The van der Waals surface area contributed by atoms with Crippen LogP contribution in [0.25, 0.3) is 11.5 Å². The molecule has 0 bridgehead atoms. The molecule has 1 aliphatic carbocycles. The second kappa shape index (κ2) is 9.34. The van der Waals surface area contributed by atoms with E-state index in [1.54, 1.807) is 0 Å². The van der Waals surface area contributed by atoms with Crippen molar-refractivity contribution in [3.8, 4) is 11.5 Å². The Morgan fingerprint density at radius 1 is 1.24 bits per heavy atom. The highest BCUT2D eigenvalue weighted by Gasteiger charge is 2.42. The summed E-state index contributed by atoms with van der Waals surface area (Å²) in [7, 11) is -0.212. The molecule has 2 heterocycles. The number of amides is 1. The van der Waals surface area contributed by atoms with Crippen molar-refractivity contribution < 1.29 is 13.6 Å². The van der Waals surface area contributed by atoms with E-state index in [-0.39, 0.29) is 29.1 Å². The standard InChI is InChI=1S/C25H38FN5O2Si/c1-24(2,3)30-20(32)15-31(7)23-17-10-11-19(33-34(8,9)25(4,5)6)21(17)28-22(29-23)18-14-16(26)12-13-27-18/h12-14,19H,10-11,15H2,1-9H3,(H,30,32). The first-order chi connectivity index (χ1) is 15.6. The molecule has 3 rings (SSSR count). The van der Waals surface area contributed by atoms with Crippen molar-refractivity contribution >= 4 is 20.0 Å². The van der Waals surface area contributed by atoms with Gasteiger partial charge in [-0.2, -0.15) is 0 Å². The molecule has 1 aliphatic rings. The van der Waals surface area contributed by atoms with Crippen LogP contribution in [0.15, 0.2) is 18.3 Å². The van der Waals surface area contributed by atoms with E-state index in [0.717, 1.165) is 24.1 Å². The molecule has 9 heteroatoms. The maximum atomic E-state index is 14.0. The van der Waals surface area contributed by atoms with Crippen molar-refractivity contribution in [1.82, 2.24) is 20.3 Å². The normalized spacial score (nSPS) is 16.4. The zero-order valence-electron chi connectivity index (χ0n) is 21.9. The molecule has 1 N–H and O–H groups in total. The summed E-state index contributed by atoms with van der Waals surface area (Å²) in [6, 6.07) is 2.63. The number of nitrogens with zero attached hydrogens (tertiary/aromatic N) is 4. The van der Waals surface area contributed by atoms with E-state index >= 15 is 0 Å². The number of hydrogen-bond donors (Lipinski definition) is 1. The number of carbonyl (C=O) groups excluding carboxylic acids is 1. The van der Waals surface area contributed by atoms with Crippen molar-refractivity contribution in [2.24, 2.45) is 0 Å². The van der Waals surface area contributed by atoms with Crippen molar-refractivity contribution in [2.45, 2.75) is 84.2 Å². The summed E-state index contributed by atoms with van der Waals surface area (Å²) in [5.74, 6) is 0.501. The molecule has 0 aromatic carbocycles. The van der Waals surface area contributed by atoms with Gasteiger partial charge in [0.05, 0.1) is 18.3 Å². The average Bonchev–Trinajstić information content (AvgIpc) is 3.07. The topological polar surface area (TPSA) is 80.2 Å².